The highest BCUT2D eigenvalue weighted by Gasteiger charge is 2.18. The van der Waals surface area contributed by atoms with Crippen LogP contribution in [0.3, 0.4) is 0 Å². The van der Waals surface area contributed by atoms with Crippen LogP contribution in [0.15, 0.2) is 42.0 Å². The molecule has 3 heterocycles. The van der Waals surface area contributed by atoms with Gasteiger partial charge in [-0.05, 0) is 13.0 Å². The van der Waals surface area contributed by atoms with Crippen LogP contribution >= 0.6 is 22.9 Å². The molecule has 122 valence electrons. The number of hydrogen-bond acceptors (Lipinski definition) is 4. The molecule has 0 unspecified atom stereocenters. The van der Waals surface area contributed by atoms with Crippen molar-refractivity contribution in [3.63, 3.8) is 0 Å². The molecule has 4 rings (SSSR count). The van der Waals surface area contributed by atoms with Gasteiger partial charge in [0.25, 0.3) is 0 Å². The summed E-state index contributed by atoms with van der Waals surface area (Å²) in [7, 11) is 0. The first-order valence-electron chi connectivity index (χ1n) is 7.54. The summed E-state index contributed by atoms with van der Waals surface area (Å²) in [5.74, 6) is -0.361. The molecule has 24 heavy (non-hydrogen) atoms. The van der Waals surface area contributed by atoms with Gasteiger partial charge in [0.15, 0.2) is 10.1 Å². The van der Waals surface area contributed by atoms with Crippen LogP contribution in [0, 0.1) is 0 Å². The molecule has 1 aromatic carbocycles. The lowest BCUT2D eigenvalue weighted by Gasteiger charge is -2.04. The fourth-order valence-corrected chi connectivity index (χ4v) is 3.83. The van der Waals surface area contributed by atoms with Crippen molar-refractivity contribution in [2.75, 3.05) is 0 Å². The van der Waals surface area contributed by atoms with Gasteiger partial charge in [-0.25, -0.2) is 9.78 Å². The van der Waals surface area contributed by atoms with E-state index in [1.165, 1.54) is 11.3 Å². The Bertz CT molecular complexity index is 1050. The molecule has 0 aliphatic heterocycles. The Balaban J connectivity index is 1.63. The lowest BCUT2D eigenvalue weighted by molar-refractivity contribution is 0.0469. The first kappa shape index (κ1) is 15.2. The second kappa shape index (κ2) is 5.96. The molecule has 0 atom stereocenters. The number of ether oxygens (including phenoxy) is 1. The summed E-state index contributed by atoms with van der Waals surface area (Å²) in [6.07, 6.45) is 3.70. The lowest BCUT2D eigenvalue weighted by atomic mass is 10.2. The SMILES string of the molecule is CCn1cc(C(=O)OCc2c(Cl)nc3sccn23)c2ccccc21. The number of thiazole rings is 1. The third kappa shape index (κ3) is 2.39. The summed E-state index contributed by atoms with van der Waals surface area (Å²) in [6, 6.07) is 7.81. The second-order valence-electron chi connectivity index (χ2n) is 5.33. The maximum absolute atomic E-state index is 12.6. The number of nitrogens with zero attached hydrogens (tertiary/aromatic N) is 3. The Labute approximate surface area is 147 Å². The summed E-state index contributed by atoms with van der Waals surface area (Å²) >= 11 is 7.62. The highest BCUT2D eigenvalue weighted by Crippen LogP contribution is 2.25. The topological polar surface area (TPSA) is 48.5 Å². The zero-order valence-corrected chi connectivity index (χ0v) is 14.5. The fraction of sp³-hybridized carbons (Fsp3) is 0.176. The minimum absolute atomic E-state index is 0.0845. The smallest absolute Gasteiger partial charge is 0.340 e. The van der Waals surface area contributed by atoms with Crippen LogP contribution in [-0.2, 0) is 17.9 Å². The summed E-state index contributed by atoms with van der Waals surface area (Å²) < 4.78 is 9.38. The Kier molecular flexibility index (Phi) is 3.78. The molecule has 3 aromatic heterocycles. The number of halogens is 1. The quantitative estimate of drug-likeness (QED) is 0.508. The molecule has 0 radical (unpaired) electrons. The minimum Gasteiger partial charge on any atom is -0.455 e. The van der Waals surface area contributed by atoms with Crippen LogP contribution in [0.25, 0.3) is 15.9 Å². The summed E-state index contributed by atoms with van der Waals surface area (Å²) in [5, 5.41) is 3.17. The van der Waals surface area contributed by atoms with Crippen LogP contribution in [0.5, 0.6) is 0 Å². The van der Waals surface area contributed by atoms with Crippen molar-refractivity contribution in [2.45, 2.75) is 20.1 Å². The minimum atomic E-state index is -0.361. The first-order valence-corrected chi connectivity index (χ1v) is 8.79. The molecule has 0 amide bonds. The van der Waals surface area contributed by atoms with Crippen molar-refractivity contribution in [3.05, 3.63) is 58.4 Å². The third-order valence-corrected chi connectivity index (χ3v) is 5.06. The van der Waals surface area contributed by atoms with Gasteiger partial charge >= 0.3 is 5.97 Å². The molecule has 0 N–H and O–H groups in total. The molecule has 7 heteroatoms. The number of imidazole rings is 1. The van der Waals surface area contributed by atoms with E-state index >= 15 is 0 Å². The number of hydrogen-bond donors (Lipinski definition) is 0. The maximum atomic E-state index is 12.6. The van der Waals surface area contributed by atoms with E-state index in [1.54, 1.807) is 0 Å². The molecule has 0 spiro atoms. The van der Waals surface area contributed by atoms with E-state index in [4.69, 9.17) is 16.3 Å². The summed E-state index contributed by atoms with van der Waals surface area (Å²) in [5.41, 5.74) is 2.27. The normalized spacial score (nSPS) is 11.4. The van der Waals surface area contributed by atoms with Gasteiger partial charge < -0.3 is 9.30 Å². The predicted molar refractivity (Wildman–Crippen MR) is 94.8 cm³/mol. The Morgan fingerprint density at radius 2 is 2.21 bits per heavy atom. The number of carbonyl (C=O) groups excluding carboxylic acids is 1. The number of para-hydroxylation sites is 1. The number of benzene rings is 1. The molecule has 0 saturated carbocycles. The molecule has 0 aliphatic rings. The average Bonchev–Trinajstić information content (AvgIpc) is 3.25. The molecule has 4 aromatic rings. The van der Waals surface area contributed by atoms with Gasteiger partial charge in [0.2, 0.25) is 0 Å². The van der Waals surface area contributed by atoms with Gasteiger partial charge in [-0.2, -0.15) is 0 Å². The highest BCUT2D eigenvalue weighted by atomic mass is 35.5. The fourth-order valence-electron chi connectivity index (χ4n) is 2.82. The van der Waals surface area contributed by atoms with Gasteiger partial charge in [0.05, 0.1) is 11.3 Å². The van der Waals surface area contributed by atoms with Gasteiger partial charge in [-0.3, -0.25) is 4.40 Å². The van der Waals surface area contributed by atoms with Crippen molar-refractivity contribution in [1.29, 1.82) is 0 Å². The van der Waals surface area contributed by atoms with Crippen molar-refractivity contribution in [3.8, 4) is 0 Å². The van der Waals surface area contributed by atoms with E-state index in [0.717, 1.165) is 22.4 Å². The van der Waals surface area contributed by atoms with E-state index in [2.05, 4.69) is 4.98 Å². The largest absolute Gasteiger partial charge is 0.455 e. The molecule has 0 aliphatic carbocycles. The molecule has 0 bridgehead atoms. The average molecular weight is 360 g/mol. The predicted octanol–water partition coefficient (Wildman–Crippen LogP) is 4.38. The standard InChI is InChI=1S/C17H14ClN3O2S/c1-2-20-9-12(11-5-3-4-6-13(11)20)16(22)23-10-14-15(18)19-17-21(14)7-8-24-17/h3-9H,2,10H2,1H3. The Morgan fingerprint density at radius 3 is 3.04 bits per heavy atom. The molecular formula is C17H14ClN3O2S. The zero-order chi connectivity index (χ0) is 16.7. The lowest BCUT2D eigenvalue weighted by Crippen LogP contribution is -2.06. The van der Waals surface area contributed by atoms with Gasteiger partial charge in [0.1, 0.15) is 6.61 Å². The van der Waals surface area contributed by atoms with Crippen LogP contribution in [0.4, 0.5) is 0 Å². The number of aromatic nitrogens is 3. The van der Waals surface area contributed by atoms with Crippen molar-refractivity contribution < 1.29 is 9.53 Å². The van der Waals surface area contributed by atoms with E-state index in [1.807, 2.05) is 57.9 Å². The molecule has 0 saturated heterocycles. The van der Waals surface area contributed by atoms with Gasteiger partial charge in [-0.15, -0.1) is 11.3 Å². The summed E-state index contributed by atoms with van der Waals surface area (Å²) in [4.78, 5) is 17.6. The Hall–Kier alpha value is -2.31. The van der Waals surface area contributed by atoms with Gasteiger partial charge in [-0.1, -0.05) is 29.8 Å². The van der Waals surface area contributed by atoms with Crippen molar-refractivity contribution in [2.24, 2.45) is 0 Å². The van der Waals surface area contributed by atoms with E-state index in [0.29, 0.717) is 16.4 Å². The number of aryl methyl sites for hydroxylation is 1. The first-order chi connectivity index (χ1) is 11.7. The van der Waals surface area contributed by atoms with E-state index in [-0.39, 0.29) is 12.6 Å². The molecule has 5 nitrogen and oxygen atoms in total. The Morgan fingerprint density at radius 1 is 1.38 bits per heavy atom. The monoisotopic (exact) mass is 359 g/mol. The van der Waals surface area contributed by atoms with Crippen molar-refractivity contribution >= 4 is 44.8 Å². The maximum Gasteiger partial charge on any atom is 0.340 e. The third-order valence-electron chi connectivity index (χ3n) is 4.00. The highest BCUT2D eigenvalue weighted by molar-refractivity contribution is 7.15. The molecular weight excluding hydrogens is 346 g/mol. The number of fused-ring (bicyclic) bond motifs is 2. The second-order valence-corrected chi connectivity index (χ2v) is 6.56. The zero-order valence-electron chi connectivity index (χ0n) is 12.9. The number of carbonyl (C=O) groups is 1. The van der Waals surface area contributed by atoms with E-state index in [9.17, 15) is 4.79 Å². The van der Waals surface area contributed by atoms with Crippen LogP contribution in [-0.4, -0.2) is 19.9 Å². The summed E-state index contributed by atoms with van der Waals surface area (Å²) in [6.45, 7) is 2.92. The number of rotatable bonds is 4. The number of esters is 1. The van der Waals surface area contributed by atoms with Crippen molar-refractivity contribution in [1.82, 2.24) is 14.0 Å². The van der Waals surface area contributed by atoms with Gasteiger partial charge in [0, 0.05) is 35.2 Å². The molecule has 0 fully saturated rings. The van der Waals surface area contributed by atoms with E-state index < -0.39 is 0 Å². The van der Waals surface area contributed by atoms with Crippen LogP contribution in [0.1, 0.15) is 23.0 Å². The van der Waals surface area contributed by atoms with Crippen LogP contribution < -0.4 is 0 Å². The van der Waals surface area contributed by atoms with Crippen LogP contribution in [0.2, 0.25) is 5.15 Å².